The Bertz CT molecular complexity index is 864. The number of thiazole rings is 1. The lowest BCUT2D eigenvalue weighted by Crippen LogP contribution is -2.24. The quantitative estimate of drug-likeness (QED) is 0.759. The van der Waals surface area contributed by atoms with Crippen molar-refractivity contribution in [3.63, 3.8) is 0 Å². The number of rotatable bonds is 2. The highest BCUT2D eigenvalue weighted by molar-refractivity contribution is 7.17. The molecule has 5 nitrogen and oxygen atoms in total. The van der Waals surface area contributed by atoms with Crippen LogP contribution in [0.4, 0.5) is 5.82 Å². The van der Waals surface area contributed by atoms with Crippen LogP contribution >= 0.6 is 11.3 Å². The van der Waals surface area contributed by atoms with Gasteiger partial charge < -0.3 is 5.32 Å². The van der Waals surface area contributed by atoms with Crippen LogP contribution in [-0.2, 0) is 4.79 Å². The highest BCUT2D eigenvalue weighted by Crippen LogP contribution is 2.42. The van der Waals surface area contributed by atoms with Gasteiger partial charge in [0.2, 0.25) is 5.91 Å². The largest absolute Gasteiger partial charge is 0.309 e. The Morgan fingerprint density at radius 1 is 1.36 bits per heavy atom. The Hall–Kier alpha value is -2.21. The van der Waals surface area contributed by atoms with Crippen LogP contribution in [0.2, 0.25) is 0 Å². The smallest absolute Gasteiger partial charge is 0.226 e. The molecule has 0 aliphatic carbocycles. The van der Waals surface area contributed by atoms with Crippen LogP contribution in [0.1, 0.15) is 48.9 Å². The van der Waals surface area contributed by atoms with Gasteiger partial charge in [-0.3, -0.25) is 9.89 Å². The molecule has 4 rings (SSSR count). The summed E-state index contributed by atoms with van der Waals surface area (Å²) in [4.78, 5) is 16.5. The summed E-state index contributed by atoms with van der Waals surface area (Å²) in [6.45, 7) is 4.27. The molecule has 0 radical (unpaired) electrons. The van der Waals surface area contributed by atoms with Crippen LogP contribution in [0.15, 0.2) is 23.7 Å². The van der Waals surface area contributed by atoms with Gasteiger partial charge in [-0.15, -0.1) is 11.3 Å². The maximum Gasteiger partial charge on any atom is 0.226 e. The van der Waals surface area contributed by atoms with Crippen LogP contribution < -0.4 is 5.32 Å². The van der Waals surface area contributed by atoms with Gasteiger partial charge >= 0.3 is 0 Å². The zero-order valence-corrected chi connectivity index (χ0v) is 13.2. The predicted molar refractivity (Wildman–Crippen MR) is 87.4 cm³/mol. The van der Waals surface area contributed by atoms with E-state index in [1.807, 2.05) is 17.6 Å². The number of fused-ring (bicyclic) bond motifs is 2. The number of nitrogens with zero attached hydrogens (tertiary/aromatic N) is 2. The Morgan fingerprint density at radius 3 is 3.05 bits per heavy atom. The molecule has 2 aromatic heterocycles. The van der Waals surface area contributed by atoms with Crippen molar-refractivity contribution in [3.8, 4) is 0 Å². The average molecular weight is 312 g/mol. The number of anilines is 1. The fraction of sp³-hybridized carbons (Fsp3) is 0.312. The van der Waals surface area contributed by atoms with Crippen LogP contribution in [-0.4, -0.2) is 21.1 Å². The van der Waals surface area contributed by atoms with E-state index in [-0.39, 0.29) is 11.8 Å². The number of nitrogens with one attached hydrogen (secondary N) is 2. The molecule has 0 saturated carbocycles. The molecule has 3 aromatic rings. The molecule has 22 heavy (non-hydrogen) atoms. The van der Waals surface area contributed by atoms with E-state index in [2.05, 4.69) is 40.4 Å². The van der Waals surface area contributed by atoms with Crippen molar-refractivity contribution in [2.75, 3.05) is 5.32 Å². The van der Waals surface area contributed by atoms with E-state index < -0.39 is 0 Å². The molecule has 112 valence electrons. The van der Waals surface area contributed by atoms with E-state index >= 15 is 0 Å². The topological polar surface area (TPSA) is 70.7 Å². The molecule has 0 bridgehead atoms. The molecule has 1 unspecified atom stereocenters. The number of H-pyrrole nitrogens is 1. The summed E-state index contributed by atoms with van der Waals surface area (Å²) < 4.78 is 1.16. The third-order valence-corrected chi connectivity index (χ3v) is 5.06. The number of amides is 1. The molecule has 1 aliphatic rings. The maximum atomic E-state index is 12.1. The van der Waals surface area contributed by atoms with Gasteiger partial charge in [-0.1, -0.05) is 26.0 Å². The van der Waals surface area contributed by atoms with Gasteiger partial charge in [0, 0.05) is 23.6 Å². The molecule has 0 fully saturated rings. The number of hydrogen-bond donors (Lipinski definition) is 2. The lowest BCUT2D eigenvalue weighted by Gasteiger charge is -2.24. The Balaban J connectivity index is 1.95. The van der Waals surface area contributed by atoms with Crippen LogP contribution in [0.5, 0.6) is 0 Å². The van der Waals surface area contributed by atoms with Crippen molar-refractivity contribution in [2.24, 2.45) is 0 Å². The Kier molecular flexibility index (Phi) is 3.00. The zero-order chi connectivity index (χ0) is 15.3. The second-order valence-corrected chi connectivity index (χ2v) is 6.76. The molecule has 2 N–H and O–H groups in total. The van der Waals surface area contributed by atoms with E-state index in [4.69, 9.17) is 0 Å². The van der Waals surface area contributed by atoms with Gasteiger partial charge in [-0.25, -0.2) is 4.98 Å². The number of aromatic nitrogens is 3. The average Bonchev–Trinajstić information content (AvgIpc) is 3.11. The van der Waals surface area contributed by atoms with Gasteiger partial charge in [-0.2, -0.15) is 5.10 Å². The third-order valence-electron chi connectivity index (χ3n) is 4.17. The minimum absolute atomic E-state index is 0.0147. The molecule has 1 aromatic carbocycles. The summed E-state index contributed by atoms with van der Waals surface area (Å²) >= 11 is 1.63. The maximum absolute atomic E-state index is 12.1. The molecule has 1 aliphatic heterocycles. The van der Waals surface area contributed by atoms with Gasteiger partial charge in [0.1, 0.15) is 0 Å². The van der Waals surface area contributed by atoms with Crippen LogP contribution in [0, 0.1) is 0 Å². The second-order valence-electron chi connectivity index (χ2n) is 5.91. The lowest BCUT2D eigenvalue weighted by atomic mass is 9.83. The second kappa shape index (κ2) is 4.91. The van der Waals surface area contributed by atoms with Crippen molar-refractivity contribution >= 4 is 33.3 Å². The van der Waals surface area contributed by atoms with Crippen molar-refractivity contribution < 1.29 is 4.79 Å². The van der Waals surface area contributed by atoms with E-state index in [0.29, 0.717) is 18.2 Å². The summed E-state index contributed by atoms with van der Waals surface area (Å²) in [5.41, 5.74) is 6.23. The summed E-state index contributed by atoms with van der Waals surface area (Å²) in [5.74, 6) is 1.05. The number of hydrogen-bond acceptors (Lipinski definition) is 4. The molecule has 6 heteroatoms. The standard InChI is InChI=1S/C16H16N4OS/c1-8(2)14-13-10(6-12(21)18-16(13)20-19-14)9-4-3-5-11-15(9)22-7-17-11/h3-5,7-8,10H,6H2,1-2H3,(H2,18,19,20,21). The molecular weight excluding hydrogens is 296 g/mol. The number of benzene rings is 1. The van der Waals surface area contributed by atoms with E-state index in [1.54, 1.807) is 11.3 Å². The monoisotopic (exact) mass is 312 g/mol. The summed E-state index contributed by atoms with van der Waals surface area (Å²) in [6, 6.07) is 6.13. The first-order chi connectivity index (χ1) is 10.6. The van der Waals surface area contributed by atoms with Gasteiger partial charge in [0.25, 0.3) is 0 Å². The fourth-order valence-electron chi connectivity index (χ4n) is 3.17. The Morgan fingerprint density at radius 2 is 2.23 bits per heavy atom. The minimum Gasteiger partial charge on any atom is -0.309 e. The molecule has 1 amide bonds. The summed E-state index contributed by atoms with van der Waals surface area (Å²) in [6.07, 6.45) is 0.448. The van der Waals surface area contributed by atoms with Gasteiger partial charge in [-0.05, 0) is 17.5 Å². The van der Waals surface area contributed by atoms with Crippen molar-refractivity contribution in [2.45, 2.75) is 32.1 Å². The zero-order valence-electron chi connectivity index (χ0n) is 12.4. The molecule has 0 saturated heterocycles. The first-order valence-corrected chi connectivity index (χ1v) is 8.23. The van der Waals surface area contributed by atoms with Gasteiger partial charge in [0.15, 0.2) is 5.82 Å². The predicted octanol–water partition coefficient (Wildman–Crippen LogP) is 3.62. The van der Waals surface area contributed by atoms with E-state index in [1.165, 1.54) is 5.56 Å². The van der Waals surface area contributed by atoms with Crippen LogP contribution in [0.3, 0.4) is 0 Å². The SMILES string of the molecule is CC(C)c1[nH]nc2c1C(c1cccc3ncsc13)CC(=O)N2. The van der Waals surface area contributed by atoms with Gasteiger partial charge in [0.05, 0.1) is 15.7 Å². The number of aromatic amines is 1. The fourth-order valence-corrected chi connectivity index (χ4v) is 4.03. The highest BCUT2D eigenvalue weighted by Gasteiger charge is 2.33. The number of carbonyl (C=O) groups is 1. The Labute approximate surface area is 131 Å². The third kappa shape index (κ3) is 1.94. The van der Waals surface area contributed by atoms with Crippen molar-refractivity contribution in [1.29, 1.82) is 0 Å². The first kappa shape index (κ1) is 13.5. The lowest BCUT2D eigenvalue weighted by molar-refractivity contribution is -0.116. The normalized spacial score (nSPS) is 17.8. The molecule has 1 atom stereocenters. The highest BCUT2D eigenvalue weighted by atomic mass is 32.1. The van der Waals surface area contributed by atoms with Crippen molar-refractivity contribution in [3.05, 3.63) is 40.5 Å². The molecular formula is C16H16N4OS. The van der Waals surface area contributed by atoms with Crippen LogP contribution in [0.25, 0.3) is 10.2 Å². The van der Waals surface area contributed by atoms with E-state index in [9.17, 15) is 4.79 Å². The molecule has 3 heterocycles. The molecule has 0 spiro atoms. The van der Waals surface area contributed by atoms with Crippen molar-refractivity contribution in [1.82, 2.24) is 15.2 Å². The number of carbonyl (C=O) groups excluding carboxylic acids is 1. The minimum atomic E-state index is 0.0147. The summed E-state index contributed by atoms with van der Waals surface area (Å²) in [7, 11) is 0. The summed E-state index contributed by atoms with van der Waals surface area (Å²) in [5, 5.41) is 10.3. The van der Waals surface area contributed by atoms with E-state index in [0.717, 1.165) is 21.5 Å². The first-order valence-electron chi connectivity index (χ1n) is 7.35.